The Bertz CT molecular complexity index is 944. The lowest BCUT2D eigenvalue weighted by molar-refractivity contribution is -0.140. The Morgan fingerprint density at radius 1 is 1.23 bits per heavy atom. The lowest BCUT2D eigenvalue weighted by Gasteiger charge is -2.09. The van der Waals surface area contributed by atoms with Crippen molar-refractivity contribution in [3.8, 4) is 5.69 Å². The molecule has 1 aromatic carbocycles. The highest BCUT2D eigenvalue weighted by atomic mass is 19.1. The van der Waals surface area contributed by atoms with Crippen LogP contribution in [-0.4, -0.2) is 39.0 Å². The first kappa shape index (κ1) is 17.4. The number of aryl methyl sites for hydroxylation is 1. The van der Waals surface area contributed by atoms with Crippen molar-refractivity contribution in [2.75, 3.05) is 6.54 Å². The number of hydrogen-bond acceptors (Lipinski definition) is 3. The van der Waals surface area contributed by atoms with E-state index in [-0.39, 0.29) is 11.5 Å². The van der Waals surface area contributed by atoms with Crippen molar-refractivity contribution in [2.45, 2.75) is 13.8 Å². The Morgan fingerprint density at radius 2 is 1.88 bits per heavy atom. The minimum Gasteiger partial charge on any atom is -0.480 e. The van der Waals surface area contributed by atoms with Crippen LogP contribution in [0.25, 0.3) is 11.8 Å². The zero-order valence-electron chi connectivity index (χ0n) is 14.1. The van der Waals surface area contributed by atoms with Crippen molar-refractivity contribution < 1.29 is 23.9 Å². The zero-order valence-corrected chi connectivity index (χ0v) is 14.1. The summed E-state index contributed by atoms with van der Waals surface area (Å²) in [6.07, 6.45) is 1.50. The number of carboxylic acid groups (broad SMARTS) is 1. The van der Waals surface area contributed by atoms with E-state index in [1.807, 2.05) is 24.5 Å². The summed E-state index contributed by atoms with van der Waals surface area (Å²) < 4.78 is 15.0. The number of amides is 3. The van der Waals surface area contributed by atoms with Crippen LogP contribution in [-0.2, 0) is 9.59 Å². The van der Waals surface area contributed by atoms with Gasteiger partial charge in [0.05, 0.1) is 0 Å². The first-order chi connectivity index (χ1) is 12.3. The van der Waals surface area contributed by atoms with Gasteiger partial charge in [-0.2, -0.15) is 0 Å². The van der Waals surface area contributed by atoms with Gasteiger partial charge in [-0.1, -0.05) is 0 Å². The second-order valence-corrected chi connectivity index (χ2v) is 5.91. The second-order valence-electron chi connectivity index (χ2n) is 5.91. The monoisotopic (exact) mass is 357 g/mol. The van der Waals surface area contributed by atoms with Crippen LogP contribution in [0.3, 0.4) is 0 Å². The first-order valence-electron chi connectivity index (χ1n) is 7.79. The van der Waals surface area contributed by atoms with Crippen LogP contribution in [0.15, 0.2) is 36.0 Å². The van der Waals surface area contributed by atoms with Crippen molar-refractivity contribution in [2.24, 2.45) is 0 Å². The number of carbonyl (C=O) groups is 3. The van der Waals surface area contributed by atoms with E-state index in [4.69, 9.17) is 5.11 Å². The molecule has 2 heterocycles. The fourth-order valence-electron chi connectivity index (χ4n) is 2.93. The maximum atomic E-state index is 13.1. The van der Waals surface area contributed by atoms with E-state index in [1.54, 1.807) is 12.1 Å². The Hall–Kier alpha value is -3.42. The molecule has 0 spiro atoms. The number of nitrogens with zero attached hydrogens (tertiary/aromatic N) is 2. The molecule has 3 amide bonds. The molecule has 0 atom stereocenters. The summed E-state index contributed by atoms with van der Waals surface area (Å²) in [6, 6.07) is 7.06. The van der Waals surface area contributed by atoms with Gasteiger partial charge in [0, 0.05) is 17.1 Å². The van der Waals surface area contributed by atoms with Gasteiger partial charge >= 0.3 is 12.0 Å². The zero-order chi connectivity index (χ0) is 19.0. The van der Waals surface area contributed by atoms with Gasteiger partial charge in [-0.25, -0.2) is 14.1 Å². The van der Waals surface area contributed by atoms with E-state index in [0.29, 0.717) is 10.5 Å². The van der Waals surface area contributed by atoms with E-state index >= 15 is 0 Å². The summed E-state index contributed by atoms with van der Waals surface area (Å²) >= 11 is 0. The molecule has 0 aliphatic carbocycles. The van der Waals surface area contributed by atoms with E-state index in [2.05, 4.69) is 5.32 Å². The molecular formula is C18H16FN3O4. The Labute approximate surface area is 148 Å². The molecule has 8 heteroatoms. The summed E-state index contributed by atoms with van der Waals surface area (Å²) in [4.78, 5) is 35.4. The number of benzene rings is 1. The standard InChI is InChI=1S/C18H16FN3O4/c1-10-7-12(11(2)22(10)14-5-3-13(19)4-6-14)8-15-17(25)21(9-16(23)24)18(26)20-15/h3-8H,9H2,1-2H3,(H,20,26)(H,23,24)/b15-8+. The van der Waals surface area contributed by atoms with Crippen LogP contribution < -0.4 is 5.32 Å². The lowest BCUT2D eigenvalue weighted by atomic mass is 10.2. The molecule has 3 rings (SSSR count). The molecular weight excluding hydrogens is 341 g/mol. The molecule has 1 aliphatic rings. The summed E-state index contributed by atoms with van der Waals surface area (Å²) in [5, 5.41) is 11.2. The lowest BCUT2D eigenvalue weighted by Crippen LogP contribution is -2.35. The average Bonchev–Trinajstić information content (AvgIpc) is 2.99. The molecule has 2 N–H and O–H groups in total. The van der Waals surface area contributed by atoms with Gasteiger partial charge in [0.1, 0.15) is 18.1 Å². The fraction of sp³-hybridized carbons (Fsp3) is 0.167. The van der Waals surface area contributed by atoms with Gasteiger partial charge in [-0.15, -0.1) is 0 Å². The van der Waals surface area contributed by atoms with Crippen LogP contribution in [0.2, 0.25) is 0 Å². The number of aliphatic carboxylic acids is 1. The SMILES string of the molecule is Cc1cc(/C=C2/NC(=O)N(CC(=O)O)C2=O)c(C)n1-c1ccc(F)cc1. The number of hydrogen-bond donors (Lipinski definition) is 2. The quantitative estimate of drug-likeness (QED) is 0.648. The Kier molecular flexibility index (Phi) is 4.33. The second kappa shape index (κ2) is 6.47. The maximum absolute atomic E-state index is 13.1. The number of imide groups is 1. The van der Waals surface area contributed by atoms with Crippen molar-refractivity contribution in [3.05, 3.63) is 58.8 Å². The number of rotatable bonds is 4. The highest BCUT2D eigenvalue weighted by Gasteiger charge is 2.35. The first-order valence-corrected chi connectivity index (χ1v) is 7.79. The maximum Gasteiger partial charge on any atom is 0.329 e. The van der Waals surface area contributed by atoms with Gasteiger partial charge in [0.25, 0.3) is 5.91 Å². The average molecular weight is 357 g/mol. The molecule has 0 bridgehead atoms. The third kappa shape index (κ3) is 3.08. The fourth-order valence-corrected chi connectivity index (χ4v) is 2.93. The molecule has 1 aliphatic heterocycles. The molecule has 1 fully saturated rings. The van der Waals surface area contributed by atoms with Crippen molar-refractivity contribution >= 4 is 24.0 Å². The molecule has 2 aromatic rings. The number of urea groups is 1. The molecule has 1 aromatic heterocycles. The van der Waals surface area contributed by atoms with Crippen molar-refractivity contribution in [1.82, 2.24) is 14.8 Å². The van der Waals surface area contributed by atoms with Crippen LogP contribution in [0.4, 0.5) is 9.18 Å². The molecule has 134 valence electrons. The minimum atomic E-state index is -1.27. The molecule has 0 radical (unpaired) electrons. The highest BCUT2D eigenvalue weighted by Crippen LogP contribution is 2.24. The minimum absolute atomic E-state index is 0.00982. The highest BCUT2D eigenvalue weighted by molar-refractivity contribution is 6.15. The topological polar surface area (TPSA) is 91.6 Å². The molecule has 7 nitrogen and oxygen atoms in total. The third-order valence-corrected chi connectivity index (χ3v) is 4.11. The van der Waals surface area contributed by atoms with E-state index in [9.17, 15) is 18.8 Å². The summed E-state index contributed by atoms with van der Waals surface area (Å²) in [5.41, 5.74) is 3.11. The Balaban J connectivity index is 1.96. The Morgan fingerprint density at radius 3 is 2.50 bits per heavy atom. The van der Waals surface area contributed by atoms with E-state index in [0.717, 1.165) is 17.1 Å². The number of carbonyl (C=O) groups excluding carboxylic acids is 2. The number of aromatic nitrogens is 1. The molecule has 1 saturated heterocycles. The van der Waals surface area contributed by atoms with Crippen molar-refractivity contribution in [3.63, 3.8) is 0 Å². The molecule has 0 saturated carbocycles. The smallest absolute Gasteiger partial charge is 0.329 e. The van der Waals surface area contributed by atoms with Crippen LogP contribution in [0.5, 0.6) is 0 Å². The van der Waals surface area contributed by atoms with Gasteiger partial charge in [0.2, 0.25) is 0 Å². The molecule has 0 unspecified atom stereocenters. The summed E-state index contributed by atoms with van der Waals surface area (Å²) in [5.74, 6) is -2.30. The van der Waals surface area contributed by atoms with E-state index in [1.165, 1.54) is 18.2 Å². The number of halogens is 1. The summed E-state index contributed by atoms with van der Waals surface area (Å²) in [7, 11) is 0. The van der Waals surface area contributed by atoms with Gasteiger partial charge in [-0.05, 0) is 55.8 Å². The summed E-state index contributed by atoms with van der Waals surface area (Å²) in [6.45, 7) is 3.00. The van der Waals surface area contributed by atoms with Crippen LogP contribution in [0.1, 0.15) is 17.0 Å². The number of carboxylic acids is 1. The van der Waals surface area contributed by atoms with Crippen LogP contribution in [0, 0.1) is 19.7 Å². The van der Waals surface area contributed by atoms with Crippen molar-refractivity contribution in [1.29, 1.82) is 0 Å². The largest absolute Gasteiger partial charge is 0.480 e. The number of nitrogens with one attached hydrogen (secondary N) is 1. The van der Waals surface area contributed by atoms with Crippen LogP contribution >= 0.6 is 0 Å². The third-order valence-electron chi connectivity index (χ3n) is 4.11. The van der Waals surface area contributed by atoms with Gasteiger partial charge in [-0.3, -0.25) is 9.59 Å². The predicted molar refractivity (Wildman–Crippen MR) is 91.1 cm³/mol. The van der Waals surface area contributed by atoms with E-state index < -0.39 is 24.5 Å². The normalized spacial score (nSPS) is 15.7. The van der Waals surface area contributed by atoms with Gasteiger partial charge in [0.15, 0.2) is 0 Å². The molecule has 26 heavy (non-hydrogen) atoms. The van der Waals surface area contributed by atoms with Gasteiger partial charge < -0.3 is 15.0 Å². The predicted octanol–water partition coefficient (Wildman–Crippen LogP) is 2.21.